The average Bonchev–Trinajstić information content (AvgIpc) is 2.09. The molecule has 1 nitrogen and oxygen atoms in total. The summed E-state index contributed by atoms with van der Waals surface area (Å²) in [6.07, 6.45) is 0. The Morgan fingerprint density at radius 1 is 1.46 bits per heavy atom. The molecule has 0 amide bonds. The maximum Gasteiger partial charge on any atom is 0.149 e. The second-order valence-electron chi connectivity index (χ2n) is 2.63. The van der Waals surface area contributed by atoms with E-state index in [4.69, 9.17) is 4.74 Å². The predicted molar refractivity (Wildman–Crippen MR) is 57.8 cm³/mol. The maximum atomic E-state index is 5.44. The van der Waals surface area contributed by atoms with Crippen molar-refractivity contribution in [3.63, 3.8) is 0 Å². The highest BCUT2D eigenvalue weighted by Crippen LogP contribution is 2.21. The molecule has 0 aliphatic heterocycles. The Morgan fingerprint density at radius 3 is 2.85 bits per heavy atom. The van der Waals surface area contributed by atoms with Crippen LogP contribution in [-0.4, -0.2) is 6.61 Å². The lowest BCUT2D eigenvalue weighted by Crippen LogP contribution is -1.95. The summed E-state index contributed by atoms with van der Waals surface area (Å²) in [6, 6.07) is 5.92. The number of hydrogen-bond donors (Lipinski definition) is 0. The molecular formula is C11H11BrO. The van der Waals surface area contributed by atoms with Crippen LogP contribution in [0.4, 0.5) is 0 Å². The molecule has 0 aliphatic carbocycles. The number of aryl methyl sites for hydroxylation is 1. The third-order valence-electron chi connectivity index (χ3n) is 1.61. The van der Waals surface area contributed by atoms with E-state index in [1.54, 1.807) is 6.92 Å². The van der Waals surface area contributed by atoms with Crippen molar-refractivity contribution in [1.82, 2.24) is 0 Å². The molecule has 0 saturated carbocycles. The standard InChI is InChI=1S/C11H11BrO/c1-3-4-7-13-11-6-5-10(12)8-9(11)2/h5-6,8H,7H2,1-2H3. The highest BCUT2D eigenvalue weighted by molar-refractivity contribution is 9.10. The summed E-state index contributed by atoms with van der Waals surface area (Å²) in [7, 11) is 0. The molecule has 0 aromatic heterocycles. The first-order valence-corrected chi connectivity index (χ1v) is 4.82. The van der Waals surface area contributed by atoms with Crippen LogP contribution in [0.15, 0.2) is 22.7 Å². The number of benzene rings is 1. The topological polar surface area (TPSA) is 9.23 Å². The van der Waals surface area contributed by atoms with Crippen molar-refractivity contribution in [3.05, 3.63) is 28.2 Å². The first kappa shape index (κ1) is 10.1. The molecule has 0 bridgehead atoms. The summed E-state index contributed by atoms with van der Waals surface area (Å²) in [5.41, 5.74) is 1.12. The monoisotopic (exact) mass is 238 g/mol. The number of ether oxygens (including phenoxy) is 1. The van der Waals surface area contributed by atoms with Crippen LogP contribution in [-0.2, 0) is 0 Å². The van der Waals surface area contributed by atoms with E-state index >= 15 is 0 Å². The Bertz CT molecular complexity index is 347. The van der Waals surface area contributed by atoms with Gasteiger partial charge in [0.25, 0.3) is 0 Å². The smallest absolute Gasteiger partial charge is 0.149 e. The van der Waals surface area contributed by atoms with Gasteiger partial charge in [-0.25, -0.2) is 0 Å². The minimum absolute atomic E-state index is 0.457. The lowest BCUT2D eigenvalue weighted by atomic mass is 10.2. The van der Waals surface area contributed by atoms with Crippen LogP contribution < -0.4 is 4.74 Å². The Morgan fingerprint density at radius 2 is 2.23 bits per heavy atom. The summed E-state index contributed by atoms with van der Waals surface area (Å²) in [5, 5.41) is 0. The third-order valence-corrected chi connectivity index (χ3v) is 2.11. The van der Waals surface area contributed by atoms with Crippen molar-refractivity contribution in [2.24, 2.45) is 0 Å². The van der Waals surface area contributed by atoms with Gasteiger partial charge in [-0.3, -0.25) is 0 Å². The SMILES string of the molecule is CC#CCOc1ccc(Br)cc1C. The maximum absolute atomic E-state index is 5.44. The van der Waals surface area contributed by atoms with E-state index < -0.39 is 0 Å². The van der Waals surface area contributed by atoms with E-state index in [9.17, 15) is 0 Å². The van der Waals surface area contributed by atoms with Crippen molar-refractivity contribution in [2.45, 2.75) is 13.8 Å². The summed E-state index contributed by atoms with van der Waals surface area (Å²) in [5.74, 6) is 6.53. The minimum atomic E-state index is 0.457. The minimum Gasteiger partial charge on any atom is -0.481 e. The van der Waals surface area contributed by atoms with E-state index in [0.717, 1.165) is 15.8 Å². The molecule has 68 valence electrons. The molecule has 2 heteroatoms. The summed E-state index contributed by atoms with van der Waals surface area (Å²) < 4.78 is 6.51. The molecule has 0 aliphatic rings. The van der Waals surface area contributed by atoms with Gasteiger partial charge in [-0.2, -0.15) is 0 Å². The van der Waals surface area contributed by atoms with Crippen molar-refractivity contribution < 1.29 is 4.74 Å². The van der Waals surface area contributed by atoms with E-state index in [2.05, 4.69) is 27.8 Å². The Balaban J connectivity index is 2.70. The predicted octanol–water partition coefficient (Wildman–Crippen LogP) is 3.16. The molecule has 0 N–H and O–H groups in total. The first-order chi connectivity index (χ1) is 6.24. The molecule has 0 radical (unpaired) electrons. The van der Waals surface area contributed by atoms with Crippen LogP contribution in [0, 0.1) is 18.8 Å². The van der Waals surface area contributed by atoms with Gasteiger partial charge in [-0.1, -0.05) is 21.9 Å². The molecule has 1 aromatic carbocycles. The fraction of sp³-hybridized carbons (Fsp3) is 0.273. The lowest BCUT2D eigenvalue weighted by Gasteiger charge is -2.05. The molecule has 1 rings (SSSR count). The Kier molecular flexibility index (Phi) is 3.85. The normalized spacial score (nSPS) is 8.85. The van der Waals surface area contributed by atoms with Crippen molar-refractivity contribution in [2.75, 3.05) is 6.61 Å². The van der Waals surface area contributed by atoms with Gasteiger partial charge in [-0.05, 0) is 37.6 Å². The van der Waals surface area contributed by atoms with Crippen LogP contribution in [0.5, 0.6) is 5.75 Å². The van der Waals surface area contributed by atoms with E-state index in [0.29, 0.717) is 6.61 Å². The number of rotatable bonds is 2. The first-order valence-electron chi connectivity index (χ1n) is 4.02. The molecule has 0 heterocycles. The van der Waals surface area contributed by atoms with Gasteiger partial charge in [0.05, 0.1) is 0 Å². The summed E-state index contributed by atoms with van der Waals surface area (Å²) in [4.78, 5) is 0. The van der Waals surface area contributed by atoms with Gasteiger partial charge in [0.15, 0.2) is 0 Å². The van der Waals surface area contributed by atoms with E-state index in [1.165, 1.54) is 0 Å². The lowest BCUT2D eigenvalue weighted by molar-refractivity contribution is 0.367. The van der Waals surface area contributed by atoms with Crippen molar-refractivity contribution in [1.29, 1.82) is 0 Å². The molecule has 0 unspecified atom stereocenters. The zero-order valence-corrected chi connectivity index (χ0v) is 9.31. The fourth-order valence-electron chi connectivity index (χ4n) is 0.961. The van der Waals surface area contributed by atoms with Gasteiger partial charge in [0.1, 0.15) is 12.4 Å². The fourth-order valence-corrected chi connectivity index (χ4v) is 1.44. The molecule has 13 heavy (non-hydrogen) atoms. The van der Waals surface area contributed by atoms with Crippen LogP contribution in [0.3, 0.4) is 0 Å². The molecule has 0 atom stereocenters. The zero-order chi connectivity index (χ0) is 9.68. The molecule has 0 spiro atoms. The van der Waals surface area contributed by atoms with E-state index in [-0.39, 0.29) is 0 Å². The summed E-state index contributed by atoms with van der Waals surface area (Å²) in [6.45, 7) is 4.27. The molecule has 0 saturated heterocycles. The van der Waals surface area contributed by atoms with Gasteiger partial charge in [-0.15, -0.1) is 5.92 Å². The molecule has 0 fully saturated rings. The largest absolute Gasteiger partial charge is 0.481 e. The van der Waals surface area contributed by atoms with Crippen molar-refractivity contribution in [3.8, 4) is 17.6 Å². The third kappa shape index (κ3) is 3.12. The highest BCUT2D eigenvalue weighted by atomic mass is 79.9. The average molecular weight is 239 g/mol. The van der Waals surface area contributed by atoms with Crippen LogP contribution in [0.1, 0.15) is 12.5 Å². The molecular weight excluding hydrogens is 228 g/mol. The van der Waals surface area contributed by atoms with Gasteiger partial charge in [0.2, 0.25) is 0 Å². The van der Waals surface area contributed by atoms with Crippen molar-refractivity contribution >= 4 is 15.9 Å². The van der Waals surface area contributed by atoms with Crippen LogP contribution in [0.2, 0.25) is 0 Å². The van der Waals surface area contributed by atoms with Gasteiger partial charge >= 0.3 is 0 Å². The summed E-state index contributed by atoms with van der Waals surface area (Å²) >= 11 is 3.39. The van der Waals surface area contributed by atoms with Crippen LogP contribution in [0.25, 0.3) is 0 Å². The molecule has 1 aromatic rings. The second kappa shape index (κ2) is 4.94. The van der Waals surface area contributed by atoms with E-state index in [1.807, 2.05) is 25.1 Å². The highest BCUT2D eigenvalue weighted by Gasteiger charge is 1.97. The quantitative estimate of drug-likeness (QED) is 0.720. The van der Waals surface area contributed by atoms with Crippen LogP contribution >= 0.6 is 15.9 Å². The Hall–Kier alpha value is -0.940. The van der Waals surface area contributed by atoms with Gasteiger partial charge < -0.3 is 4.74 Å². The zero-order valence-electron chi connectivity index (χ0n) is 7.73. The van der Waals surface area contributed by atoms with Gasteiger partial charge in [0, 0.05) is 4.47 Å². The number of halogens is 1. The Labute approximate surface area is 87.2 Å². The number of hydrogen-bond acceptors (Lipinski definition) is 1. The second-order valence-corrected chi connectivity index (χ2v) is 3.54.